The van der Waals surface area contributed by atoms with Gasteiger partial charge < -0.3 is 0 Å². The van der Waals surface area contributed by atoms with Crippen LogP contribution in [0.5, 0.6) is 5.75 Å². The molecule has 1 rings (SSSR count). The number of para-hydroxylation sites is 2. The predicted molar refractivity (Wildman–Crippen MR) is 40.8 cm³/mol. The normalized spacial score (nSPS) is 11.1. The summed E-state index contributed by atoms with van der Waals surface area (Å²) in [6, 6.07) is 6.02. The first-order valence-corrected chi connectivity index (χ1v) is 6.90. The maximum atomic E-state index is 10.3. The number of nitrogens with two attached hydrogens (primary N) is 1. The van der Waals surface area contributed by atoms with Gasteiger partial charge in [-0.15, -0.1) is 0 Å². The van der Waals surface area contributed by atoms with Crippen LogP contribution in [0.4, 0.5) is 5.69 Å². The van der Waals surface area contributed by atoms with E-state index in [1.807, 2.05) is 0 Å². The third-order valence-corrected chi connectivity index (χ3v) is 2.23. The van der Waals surface area contributed by atoms with Crippen LogP contribution in [-0.4, -0.2) is 22.4 Å². The van der Waals surface area contributed by atoms with Crippen molar-refractivity contribution in [2.24, 2.45) is 0 Å². The summed E-state index contributed by atoms with van der Waals surface area (Å²) in [5, 5.41) is 0. The van der Waals surface area contributed by atoms with Crippen LogP contribution in [0.1, 0.15) is 0 Å². The summed E-state index contributed by atoms with van der Waals surface area (Å²) in [6.45, 7) is 0. The summed E-state index contributed by atoms with van der Waals surface area (Å²) in [6.07, 6.45) is 0. The molecular weight excluding hydrogens is 278 g/mol. The summed E-state index contributed by atoms with van der Waals surface area (Å²) in [4.78, 5) is 0. The van der Waals surface area contributed by atoms with Crippen molar-refractivity contribution in [1.82, 2.24) is 0 Å². The number of hydrogen-bond acceptors (Lipinski definition) is 4. The first-order chi connectivity index (χ1) is 5.49. The van der Waals surface area contributed by atoms with Crippen LogP contribution < -0.4 is 8.83 Å². The molecule has 5 nitrogen and oxygen atoms in total. The first kappa shape index (κ1) is 9.26. The third kappa shape index (κ3) is 2.66. The van der Waals surface area contributed by atoms with Gasteiger partial charge in [0.15, 0.2) is 0 Å². The Balaban J connectivity index is 2.98. The van der Waals surface area contributed by atoms with Gasteiger partial charge in [0.25, 0.3) is 0 Å². The molecule has 0 atom stereocenters. The van der Waals surface area contributed by atoms with Crippen LogP contribution in [0.25, 0.3) is 0 Å². The van der Waals surface area contributed by atoms with Crippen LogP contribution in [0.15, 0.2) is 24.3 Å². The Morgan fingerprint density at radius 2 is 1.92 bits per heavy atom. The summed E-state index contributed by atoms with van der Waals surface area (Å²) >= 11 is -5.50. The van der Waals surface area contributed by atoms with E-state index in [1.54, 1.807) is 12.1 Å². The molecule has 12 heavy (non-hydrogen) atoms. The second kappa shape index (κ2) is 3.27. The predicted octanol–water partition coefficient (Wildman–Crippen LogP) is -0.0635. The van der Waals surface area contributed by atoms with Crippen LogP contribution in [0.2, 0.25) is 0 Å². The zero-order chi connectivity index (χ0) is 9.19. The number of hydrogen-bond donors (Lipinski definition) is 2. The fourth-order valence-corrected chi connectivity index (χ4v) is 1.75. The van der Waals surface area contributed by atoms with Gasteiger partial charge in [0, 0.05) is 0 Å². The van der Waals surface area contributed by atoms with Gasteiger partial charge in [-0.2, -0.15) is 0 Å². The van der Waals surface area contributed by atoms with Gasteiger partial charge in [-0.1, -0.05) is 0 Å². The van der Waals surface area contributed by atoms with Crippen LogP contribution in [0.3, 0.4) is 0 Å². The molecule has 0 saturated carbocycles. The number of rotatable bonds is 2. The molecule has 0 spiro atoms. The van der Waals surface area contributed by atoms with Crippen molar-refractivity contribution in [3.05, 3.63) is 24.3 Å². The Bertz CT molecular complexity index is 373. The molecule has 0 bridgehead atoms. The van der Waals surface area contributed by atoms with E-state index in [0.717, 1.165) is 0 Å². The van der Waals surface area contributed by atoms with E-state index in [4.69, 9.17) is 9.20 Å². The molecule has 0 unspecified atom stereocenters. The molecule has 0 aliphatic rings. The molecule has 0 heterocycles. The first-order valence-electron chi connectivity index (χ1n) is 3.00. The number of benzene rings is 1. The Morgan fingerprint density at radius 1 is 1.33 bits per heavy atom. The van der Waals surface area contributed by atoms with E-state index in [1.165, 1.54) is 12.1 Å². The van der Waals surface area contributed by atoms with Gasteiger partial charge in [0.1, 0.15) is 0 Å². The van der Waals surface area contributed by atoms with Crippen molar-refractivity contribution in [3.63, 3.8) is 0 Å². The number of anilines is 1. The van der Waals surface area contributed by atoms with E-state index in [9.17, 15) is 6.21 Å². The molecule has 0 radical (unpaired) electrons. The Labute approximate surface area is 73.4 Å². The maximum absolute atomic E-state index is 10.3. The fraction of sp³-hybridized carbons (Fsp3) is 0. The minimum atomic E-state index is -5.50. The van der Waals surface area contributed by atoms with Crippen molar-refractivity contribution in [2.45, 2.75) is 0 Å². The molecule has 0 aliphatic carbocycles. The zero-order valence-electron chi connectivity index (χ0n) is 5.97. The van der Waals surface area contributed by atoms with Gasteiger partial charge in [-0.05, 0) is 0 Å². The van der Waals surface area contributed by atoms with Gasteiger partial charge in [0.2, 0.25) is 0 Å². The Kier molecular flexibility index (Phi) is 2.52. The van der Waals surface area contributed by atoms with E-state index in [-0.39, 0.29) is 11.4 Å². The van der Waals surface area contributed by atoms with Gasteiger partial charge in [-0.25, -0.2) is 0 Å². The molecule has 6 heteroatoms. The van der Waals surface area contributed by atoms with Crippen molar-refractivity contribution < 1.29 is 12.8 Å². The van der Waals surface area contributed by atoms with Crippen LogP contribution in [0, 0.1) is 0 Å². The van der Waals surface area contributed by atoms with Crippen molar-refractivity contribution >= 4 is 24.7 Å². The summed E-state index contributed by atoms with van der Waals surface area (Å²) in [5.74, 6) is -0.0359. The second-order valence-corrected chi connectivity index (χ2v) is 4.97. The van der Waals surface area contributed by atoms with Gasteiger partial charge in [0.05, 0.1) is 0 Å². The molecular formula is C6H7NO4Te. The molecule has 0 fully saturated rings. The van der Waals surface area contributed by atoms with E-state index >= 15 is 0 Å². The minimum absolute atomic E-state index is 0.0359. The topological polar surface area (TPSA) is 89.6 Å². The average Bonchev–Trinajstić information content (AvgIpc) is 1.91. The second-order valence-electron chi connectivity index (χ2n) is 2.05. The Hall–Kier alpha value is -0.830. The van der Waals surface area contributed by atoms with E-state index in [2.05, 4.69) is 3.10 Å². The molecule has 1 aromatic carbocycles. The van der Waals surface area contributed by atoms with E-state index in [0.29, 0.717) is 0 Å². The molecule has 0 aromatic heterocycles. The summed E-state index contributed by atoms with van der Waals surface area (Å²) in [5.41, 5.74) is 5.52. The van der Waals surface area contributed by atoms with Gasteiger partial charge >= 0.3 is 73.2 Å². The van der Waals surface area contributed by atoms with Gasteiger partial charge in [-0.3, -0.25) is 0 Å². The standard InChI is InChI=1S/C6H7NO4Te/c7-5-3-1-2-4-6(5)11-12(8,9)10/h1-4H,7H2,(H,8,9,10). The van der Waals surface area contributed by atoms with Crippen LogP contribution in [-0.2, 0) is 6.21 Å². The van der Waals surface area contributed by atoms with Crippen molar-refractivity contribution in [3.8, 4) is 5.75 Å². The molecule has 0 amide bonds. The van der Waals surface area contributed by atoms with Crippen molar-refractivity contribution in [2.75, 3.05) is 5.73 Å². The third-order valence-electron chi connectivity index (χ3n) is 1.11. The molecule has 0 saturated heterocycles. The van der Waals surface area contributed by atoms with Crippen LogP contribution >= 0.6 is 0 Å². The number of nitrogen functional groups attached to an aromatic ring is 1. The molecule has 1 aromatic rings. The molecule has 3 N–H and O–H groups in total. The van der Waals surface area contributed by atoms with E-state index < -0.39 is 19.0 Å². The molecule has 66 valence electrons. The van der Waals surface area contributed by atoms with Crippen molar-refractivity contribution in [1.29, 1.82) is 0 Å². The molecule has 0 aliphatic heterocycles. The average molecular weight is 285 g/mol. The summed E-state index contributed by atoms with van der Waals surface area (Å²) < 4.78 is 33.3. The fourth-order valence-electron chi connectivity index (χ4n) is 0.670. The summed E-state index contributed by atoms with van der Waals surface area (Å²) in [7, 11) is 0. The Morgan fingerprint density at radius 3 is 2.42 bits per heavy atom. The zero-order valence-corrected chi connectivity index (χ0v) is 8.30. The monoisotopic (exact) mass is 287 g/mol. The quantitative estimate of drug-likeness (QED) is 0.586. The SMILES string of the molecule is Nc1ccccc1O[Te](=O)(=O)O.